The van der Waals surface area contributed by atoms with Crippen LogP contribution in [0.5, 0.6) is 0 Å². The predicted molar refractivity (Wildman–Crippen MR) is 163 cm³/mol. The molecule has 4 atom stereocenters. The topological polar surface area (TPSA) is 119 Å². The number of rotatable bonds is 9. The Kier molecular flexibility index (Phi) is 8.99. The Morgan fingerprint density at radius 2 is 1.56 bits per heavy atom. The number of para-hydroxylation sites is 2. The van der Waals surface area contributed by atoms with Gasteiger partial charge in [-0.3, -0.25) is 9.78 Å². The molecule has 0 spiro atoms. The standard InChI is InChI=1S/C33H31N5O4S/c1-21-29(20-43-33-34-15-4-16-35-33)41-32(42-30(21)24-11-9-23(19-39)10-12-24)25-13-7-22(8-14-25)17-37-31(40)28-18-36-26-5-2-3-6-27(26)38-28/h2-16,18,21,29-30,32,39H,17,19-20H2,1H3,(H,37,40). The largest absolute Gasteiger partial charge is 0.392 e. The summed E-state index contributed by atoms with van der Waals surface area (Å²) in [5, 5.41) is 13.1. The first kappa shape index (κ1) is 28.9. The number of hydrogen-bond donors (Lipinski definition) is 2. The molecule has 0 radical (unpaired) electrons. The highest BCUT2D eigenvalue weighted by atomic mass is 32.2. The molecular weight excluding hydrogens is 562 g/mol. The average molecular weight is 594 g/mol. The number of benzene rings is 3. The second kappa shape index (κ2) is 13.4. The van der Waals surface area contributed by atoms with Crippen LogP contribution >= 0.6 is 11.8 Å². The molecule has 2 aromatic heterocycles. The van der Waals surface area contributed by atoms with E-state index in [1.54, 1.807) is 30.2 Å². The lowest BCUT2D eigenvalue weighted by Crippen LogP contribution is -2.38. The quantitative estimate of drug-likeness (QED) is 0.170. The fourth-order valence-corrected chi connectivity index (χ4v) is 5.92. The first-order valence-electron chi connectivity index (χ1n) is 14.1. The average Bonchev–Trinajstić information content (AvgIpc) is 3.07. The molecule has 0 bridgehead atoms. The summed E-state index contributed by atoms with van der Waals surface area (Å²) in [5.74, 6) is 0.436. The Morgan fingerprint density at radius 3 is 2.30 bits per heavy atom. The zero-order valence-electron chi connectivity index (χ0n) is 23.5. The van der Waals surface area contributed by atoms with Gasteiger partial charge in [0, 0.05) is 36.2 Å². The molecule has 9 nitrogen and oxygen atoms in total. The summed E-state index contributed by atoms with van der Waals surface area (Å²) in [4.78, 5) is 30.2. The normalized spacial score (nSPS) is 20.1. The van der Waals surface area contributed by atoms with Gasteiger partial charge in [-0.05, 0) is 34.9 Å². The molecule has 3 heterocycles. The first-order valence-corrected chi connectivity index (χ1v) is 15.0. The van der Waals surface area contributed by atoms with Crippen LogP contribution in [-0.4, -0.2) is 42.8 Å². The monoisotopic (exact) mass is 593 g/mol. The molecule has 218 valence electrons. The maximum absolute atomic E-state index is 12.7. The van der Waals surface area contributed by atoms with Crippen molar-refractivity contribution in [2.24, 2.45) is 5.92 Å². The van der Waals surface area contributed by atoms with Gasteiger partial charge in [0.25, 0.3) is 5.91 Å². The summed E-state index contributed by atoms with van der Waals surface area (Å²) in [5.41, 5.74) is 5.39. The molecule has 1 aliphatic rings. The summed E-state index contributed by atoms with van der Waals surface area (Å²) < 4.78 is 13.1. The number of aliphatic hydroxyl groups is 1. The van der Waals surface area contributed by atoms with Gasteiger partial charge in [0.05, 0.1) is 36.0 Å². The molecule has 1 saturated heterocycles. The van der Waals surface area contributed by atoms with Crippen LogP contribution in [0, 0.1) is 5.92 Å². The van der Waals surface area contributed by atoms with Crippen molar-refractivity contribution in [3.63, 3.8) is 0 Å². The lowest BCUT2D eigenvalue weighted by molar-refractivity contribution is -0.268. The SMILES string of the molecule is CC1C(CSc2ncccn2)OC(c2ccc(CNC(=O)c3cnc4ccccc4n3)cc2)OC1c1ccc(CO)cc1. The molecule has 2 N–H and O–H groups in total. The van der Waals surface area contributed by atoms with Crippen LogP contribution in [0.1, 0.15) is 52.1 Å². The van der Waals surface area contributed by atoms with Crippen molar-refractivity contribution in [2.45, 2.75) is 43.7 Å². The van der Waals surface area contributed by atoms with Crippen LogP contribution in [0.2, 0.25) is 0 Å². The van der Waals surface area contributed by atoms with E-state index in [4.69, 9.17) is 9.47 Å². The highest BCUT2D eigenvalue weighted by Crippen LogP contribution is 2.42. The number of nitrogens with zero attached hydrogens (tertiary/aromatic N) is 4. The lowest BCUT2D eigenvalue weighted by atomic mass is 9.91. The number of carbonyl (C=O) groups is 1. The van der Waals surface area contributed by atoms with Gasteiger partial charge in [0.2, 0.25) is 0 Å². The van der Waals surface area contributed by atoms with Gasteiger partial charge in [0.15, 0.2) is 11.4 Å². The number of hydrogen-bond acceptors (Lipinski definition) is 9. The second-order valence-electron chi connectivity index (χ2n) is 10.3. The summed E-state index contributed by atoms with van der Waals surface area (Å²) in [6.45, 7) is 2.46. The van der Waals surface area contributed by atoms with E-state index in [2.05, 4.69) is 32.2 Å². The van der Waals surface area contributed by atoms with Gasteiger partial charge >= 0.3 is 0 Å². The van der Waals surface area contributed by atoms with Crippen LogP contribution in [0.15, 0.2) is 103 Å². The van der Waals surface area contributed by atoms with Gasteiger partial charge in [0.1, 0.15) is 5.69 Å². The molecule has 4 unspecified atom stereocenters. The van der Waals surface area contributed by atoms with Gasteiger partial charge in [-0.2, -0.15) is 0 Å². The minimum Gasteiger partial charge on any atom is -0.392 e. The maximum atomic E-state index is 12.7. The van der Waals surface area contributed by atoms with Gasteiger partial charge in [-0.15, -0.1) is 0 Å². The van der Waals surface area contributed by atoms with Crippen LogP contribution in [0.3, 0.4) is 0 Å². The van der Waals surface area contributed by atoms with Crippen molar-refractivity contribution in [1.29, 1.82) is 0 Å². The molecule has 1 amide bonds. The molecule has 43 heavy (non-hydrogen) atoms. The van der Waals surface area contributed by atoms with Crippen molar-refractivity contribution >= 4 is 28.7 Å². The molecular formula is C33H31N5O4S. The highest BCUT2D eigenvalue weighted by molar-refractivity contribution is 7.99. The third-order valence-electron chi connectivity index (χ3n) is 7.43. The lowest BCUT2D eigenvalue weighted by Gasteiger charge is -2.41. The number of aliphatic hydroxyl groups excluding tert-OH is 1. The zero-order chi connectivity index (χ0) is 29.6. The summed E-state index contributed by atoms with van der Waals surface area (Å²) in [7, 11) is 0. The number of carbonyl (C=O) groups excluding carboxylic acids is 1. The number of aromatic nitrogens is 4. The van der Waals surface area contributed by atoms with E-state index in [-0.39, 0.29) is 36.3 Å². The first-order chi connectivity index (χ1) is 21.1. The summed E-state index contributed by atoms with van der Waals surface area (Å²) >= 11 is 1.56. The van der Waals surface area contributed by atoms with E-state index in [9.17, 15) is 9.90 Å². The van der Waals surface area contributed by atoms with E-state index in [0.29, 0.717) is 23.0 Å². The molecule has 0 aliphatic carbocycles. The maximum Gasteiger partial charge on any atom is 0.271 e. The predicted octanol–water partition coefficient (Wildman–Crippen LogP) is 5.43. The Bertz CT molecular complexity index is 1670. The molecule has 1 aliphatic heterocycles. The Balaban J connectivity index is 1.15. The third-order valence-corrected chi connectivity index (χ3v) is 8.39. The van der Waals surface area contributed by atoms with E-state index in [1.807, 2.05) is 72.8 Å². The fraction of sp³-hybridized carbons (Fsp3) is 0.242. The van der Waals surface area contributed by atoms with Crippen molar-refractivity contribution in [2.75, 3.05) is 5.75 Å². The minimum absolute atomic E-state index is 0.00804. The molecule has 6 rings (SSSR count). The van der Waals surface area contributed by atoms with Crippen molar-refractivity contribution in [3.05, 3.63) is 125 Å². The van der Waals surface area contributed by atoms with E-state index >= 15 is 0 Å². The smallest absolute Gasteiger partial charge is 0.271 e. The van der Waals surface area contributed by atoms with Crippen LogP contribution in [-0.2, 0) is 22.6 Å². The van der Waals surface area contributed by atoms with E-state index in [0.717, 1.165) is 27.8 Å². The molecule has 10 heteroatoms. The Morgan fingerprint density at radius 1 is 0.860 bits per heavy atom. The number of fused-ring (bicyclic) bond motifs is 1. The number of nitrogens with one attached hydrogen (secondary N) is 1. The van der Waals surface area contributed by atoms with Crippen molar-refractivity contribution in [1.82, 2.24) is 25.3 Å². The van der Waals surface area contributed by atoms with Crippen molar-refractivity contribution in [3.8, 4) is 0 Å². The van der Waals surface area contributed by atoms with Crippen LogP contribution in [0.4, 0.5) is 0 Å². The Labute approximate surface area is 253 Å². The highest BCUT2D eigenvalue weighted by Gasteiger charge is 2.38. The minimum atomic E-state index is -0.586. The van der Waals surface area contributed by atoms with Gasteiger partial charge in [-0.25, -0.2) is 15.0 Å². The molecule has 1 fully saturated rings. The number of thioether (sulfide) groups is 1. The molecule has 3 aromatic carbocycles. The fourth-order valence-electron chi connectivity index (χ4n) is 4.96. The number of ether oxygens (including phenoxy) is 2. The van der Waals surface area contributed by atoms with Gasteiger partial charge in [-0.1, -0.05) is 79.3 Å². The molecule has 0 saturated carbocycles. The van der Waals surface area contributed by atoms with Crippen LogP contribution in [0.25, 0.3) is 11.0 Å². The van der Waals surface area contributed by atoms with Crippen LogP contribution < -0.4 is 5.32 Å². The Hall–Kier alpha value is -4.22. The number of amides is 1. The van der Waals surface area contributed by atoms with Crippen molar-refractivity contribution < 1.29 is 19.4 Å². The summed E-state index contributed by atoms with van der Waals surface area (Å²) in [6, 6.07) is 25.0. The zero-order valence-corrected chi connectivity index (χ0v) is 24.4. The van der Waals surface area contributed by atoms with E-state index < -0.39 is 6.29 Å². The third kappa shape index (κ3) is 6.89. The molecule has 5 aromatic rings. The summed E-state index contributed by atoms with van der Waals surface area (Å²) in [6.07, 6.45) is 4.03. The van der Waals surface area contributed by atoms with E-state index in [1.165, 1.54) is 6.20 Å². The second-order valence-corrected chi connectivity index (χ2v) is 11.3. The van der Waals surface area contributed by atoms with Gasteiger partial charge < -0.3 is 19.9 Å².